The minimum Gasteiger partial charge on any atom is -0.480 e. The summed E-state index contributed by atoms with van der Waals surface area (Å²) >= 11 is 3.29. The molecule has 0 radical (unpaired) electrons. The van der Waals surface area contributed by atoms with Gasteiger partial charge < -0.3 is 5.11 Å². The Labute approximate surface area is 120 Å². The molecular weight excluding hydrogens is 334 g/mol. The summed E-state index contributed by atoms with van der Waals surface area (Å²) in [6.07, 6.45) is 0.974. The quantitative estimate of drug-likeness (QED) is 0.901. The van der Waals surface area contributed by atoms with E-state index < -0.39 is 22.0 Å². The Bertz CT molecular complexity index is 587. The molecule has 5 nitrogen and oxygen atoms in total. The second kappa shape index (κ2) is 5.60. The number of rotatable bonds is 4. The van der Waals surface area contributed by atoms with Crippen molar-refractivity contribution in [2.24, 2.45) is 0 Å². The van der Waals surface area contributed by atoms with Crippen molar-refractivity contribution in [2.45, 2.75) is 24.6 Å². The molecule has 0 aromatic heterocycles. The molecule has 1 aromatic rings. The van der Waals surface area contributed by atoms with Crippen LogP contribution in [0.5, 0.6) is 0 Å². The summed E-state index contributed by atoms with van der Waals surface area (Å²) in [5.74, 6) is -1.24. The molecule has 0 saturated carbocycles. The van der Waals surface area contributed by atoms with Crippen LogP contribution in [0.4, 0.5) is 0 Å². The average Bonchev–Trinajstić information content (AvgIpc) is 2.77. The second-order valence-electron chi connectivity index (χ2n) is 4.49. The monoisotopic (exact) mass is 347 g/mol. The summed E-state index contributed by atoms with van der Waals surface area (Å²) in [5.41, 5.74) is 0.644. The standard InChI is InChI=1S/C12H14BrNO4S/c13-10-4-1-3-9(7-10)8-19(17,18)14-6-2-5-11(14)12(15)16/h1,3-4,7,11H,2,5-6,8H2,(H,15,16)/t11-/m0/s1. The molecule has 1 atom stereocenters. The first-order valence-electron chi connectivity index (χ1n) is 5.87. The number of carbonyl (C=O) groups is 1. The minimum atomic E-state index is -3.59. The molecule has 1 aliphatic heterocycles. The number of hydrogen-bond donors (Lipinski definition) is 1. The van der Waals surface area contributed by atoms with Gasteiger partial charge in [0, 0.05) is 11.0 Å². The molecule has 1 saturated heterocycles. The molecule has 1 heterocycles. The number of benzene rings is 1. The van der Waals surface area contributed by atoms with Gasteiger partial charge in [-0.3, -0.25) is 4.79 Å². The van der Waals surface area contributed by atoms with Crippen molar-refractivity contribution in [1.29, 1.82) is 0 Å². The number of carboxylic acids is 1. The highest BCUT2D eigenvalue weighted by Crippen LogP contribution is 2.24. The summed E-state index contributed by atoms with van der Waals surface area (Å²) in [7, 11) is -3.59. The number of sulfonamides is 1. The second-order valence-corrected chi connectivity index (χ2v) is 7.33. The molecule has 104 valence electrons. The van der Waals surface area contributed by atoms with Crippen LogP contribution in [-0.2, 0) is 20.6 Å². The lowest BCUT2D eigenvalue weighted by molar-refractivity contribution is -0.140. The SMILES string of the molecule is O=C(O)[C@@H]1CCCN1S(=O)(=O)Cc1cccc(Br)c1. The predicted octanol–water partition coefficient (Wildman–Crippen LogP) is 1.83. The Hall–Kier alpha value is -0.920. The number of nitrogens with zero attached hydrogens (tertiary/aromatic N) is 1. The zero-order valence-electron chi connectivity index (χ0n) is 10.1. The molecule has 19 heavy (non-hydrogen) atoms. The van der Waals surface area contributed by atoms with Gasteiger partial charge in [0.05, 0.1) is 5.75 Å². The normalized spacial score (nSPS) is 20.6. The first-order valence-corrected chi connectivity index (χ1v) is 8.27. The van der Waals surface area contributed by atoms with E-state index in [9.17, 15) is 13.2 Å². The van der Waals surface area contributed by atoms with E-state index in [-0.39, 0.29) is 12.3 Å². The van der Waals surface area contributed by atoms with Crippen LogP contribution in [0.1, 0.15) is 18.4 Å². The third-order valence-corrected chi connectivity index (χ3v) is 5.43. The van der Waals surface area contributed by atoms with Crippen LogP contribution in [0.3, 0.4) is 0 Å². The van der Waals surface area contributed by atoms with E-state index in [1.54, 1.807) is 18.2 Å². The van der Waals surface area contributed by atoms with Gasteiger partial charge in [-0.1, -0.05) is 28.1 Å². The maximum Gasteiger partial charge on any atom is 0.322 e. The molecule has 0 unspecified atom stereocenters. The molecule has 0 amide bonds. The number of carboxylic acid groups (broad SMARTS) is 1. The summed E-state index contributed by atoms with van der Waals surface area (Å²) in [5, 5.41) is 9.04. The van der Waals surface area contributed by atoms with Gasteiger partial charge >= 0.3 is 5.97 Å². The van der Waals surface area contributed by atoms with Crippen LogP contribution < -0.4 is 0 Å². The summed E-state index contributed by atoms with van der Waals surface area (Å²) in [4.78, 5) is 11.1. The fourth-order valence-electron chi connectivity index (χ4n) is 2.24. The van der Waals surface area contributed by atoms with Gasteiger partial charge in [-0.25, -0.2) is 8.42 Å². The number of halogens is 1. The van der Waals surface area contributed by atoms with Gasteiger partial charge in [0.2, 0.25) is 10.0 Å². The zero-order chi connectivity index (χ0) is 14.0. The van der Waals surface area contributed by atoms with Crippen LogP contribution in [0.25, 0.3) is 0 Å². The molecule has 1 aliphatic rings. The fourth-order valence-corrected chi connectivity index (χ4v) is 4.44. The smallest absolute Gasteiger partial charge is 0.322 e. The molecule has 7 heteroatoms. The van der Waals surface area contributed by atoms with Crippen LogP contribution in [0.2, 0.25) is 0 Å². The fraction of sp³-hybridized carbons (Fsp3) is 0.417. The number of hydrogen-bond acceptors (Lipinski definition) is 3. The molecule has 1 aromatic carbocycles. The maximum absolute atomic E-state index is 12.3. The predicted molar refractivity (Wildman–Crippen MR) is 74.1 cm³/mol. The van der Waals surface area contributed by atoms with E-state index in [0.29, 0.717) is 18.4 Å². The van der Waals surface area contributed by atoms with Gasteiger partial charge in [-0.05, 0) is 30.5 Å². The van der Waals surface area contributed by atoms with E-state index in [0.717, 1.165) is 8.78 Å². The van der Waals surface area contributed by atoms with Crippen LogP contribution in [0, 0.1) is 0 Å². The van der Waals surface area contributed by atoms with Gasteiger partial charge in [0.15, 0.2) is 0 Å². The Kier molecular flexibility index (Phi) is 4.27. The van der Waals surface area contributed by atoms with E-state index in [2.05, 4.69) is 15.9 Å². The van der Waals surface area contributed by atoms with Crippen molar-refractivity contribution >= 4 is 31.9 Å². The van der Waals surface area contributed by atoms with Gasteiger partial charge in [-0.15, -0.1) is 0 Å². The third kappa shape index (κ3) is 3.34. The molecule has 1 N–H and O–H groups in total. The van der Waals surface area contributed by atoms with Crippen molar-refractivity contribution in [3.63, 3.8) is 0 Å². The average molecular weight is 348 g/mol. The summed E-state index contributed by atoms with van der Waals surface area (Å²) < 4.78 is 26.5. The lowest BCUT2D eigenvalue weighted by atomic mass is 10.2. The van der Waals surface area contributed by atoms with Crippen LogP contribution in [0.15, 0.2) is 28.7 Å². The van der Waals surface area contributed by atoms with Crippen molar-refractivity contribution < 1.29 is 18.3 Å². The third-order valence-electron chi connectivity index (χ3n) is 3.08. The Balaban J connectivity index is 2.21. The highest BCUT2D eigenvalue weighted by atomic mass is 79.9. The molecule has 1 fully saturated rings. The molecule has 2 rings (SSSR count). The van der Waals surface area contributed by atoms with E-state index >= 15 is 0 Å². The topological polar surface area (TPSA) is 74.7 Å². The van der Waals surface area contributed by atoms with Gasteiger partial charge in [0.25, 0.3) is 0 Å². The Morgan fingerprint density at radius 2 is 2.21 bits per heavy atom. The highest BCUT2D eigenvalue weighted by Gasteiger charge is 2.38. The minimum absolute atomic E-state index is 0.170. The van der Waals surface area contributed by atoms with E-state index in [1.807, 2.05) is 6.07 Å². The van der Waals surface area contributed by atoms with Crippen molar-refractivity contribution in [1.82, 2.24) is 4.31 Å². The lowest BCUT2D eigenvalue weighted by Gasteiger charge is -2.20. The van der Waals surface area contributed by atoms with Crippen LogP contribution in [-0.4, -0.2) is 36.4 Å². The molecule has 0 aliphatic carbocycles. The molecular formula is C12H14BrNO4S. The Morgan fingerprint density at radius 3 is 2.84 bits per heavy atom. The molecule has 0 spiro atoms. The first-order chi connectivity index (χ1) is 8.90. The van der Waals surface area contributed by atoms with E-state index in [1.165, 1.54) is 0 Å². The highest BCUT2D eigenvalue weighted by molar-refractivity contribution is 9.10. The first kappa shape index (κ1) is 14.5. The van der Waals surface area contributed by atoms with Crippen molar-refractivity contribution in [2.75, 3.05) is 6.54 Å². The lowest BCUT2D eigenvalue weighted by Crippen LogP contribution is -2.40. The van der Waals surface area contributed by atoms with Crippen molar-refractivity contribution in [3.8, 4) is 0 Å². The van der Waals surface area contributed by atoms with Gasteiger partial charge in [0.1, 0.15) is 6.04 Å². The van der Waals surface area contributed by atoms with Crippen LogP contribution >= 0.6 is 15.9 Å². The molecule has 0 bridgehead atoms. The van der Waals surface area contributed by atoms with E-state index in [4.69, 9.17) is 5.11 Å². The largest absolute Gasteiger partial charge is 0.480 e. The van der Waals surface area contributed by atoms with Gasteiger partial charge in [-0.2, -0.15) is 4.31 Å². The maximum atomic E-state index is 12.3. The zero-order valence-corrected chi connectivity index (χ0v) is 12.5. The number of aliphatic carboxylic acids is 1. The summed E-state index contributed by atoms with van der Waals surface area (Å²) in [6.45, 7) is 0.285. The Morgan fingerprint density at radius 1 is 1.47 bits per heavy atom. The summed E-state index contributed by atoms with van der Waals surface area (Å²) in [6, 6.07) is 6.09. The van der Waals surface area contributed by atoms with Crippen molar-refractivity contribution in [3.05, 3.63) is 34.3 Å².